The van der Waals surface area contributed by atoms with Crippen molar-refractivity contribution < 1.29 is 28.6 Å². The van der Waals surface area contributed by atoms with E-state index in [1.165, 1.54) is 96.3 Å². The van der Waals surface area contributed by atoms with Gasteiger partial charge in [0.25, 0.3) is 0 Å². The summed E-state index contributed by atoms with van der Waals surface area (Å²) in [5, 5.41) is 0. The largest absolute Gasteiger partial charge is 0.462 e. The summed E-state index contributed by atoms with van der Waals surface area (Å²) in [6.45, 7) is 6.42. The fraction of sp³-hybridized carbons (Fsp3) is 0.673. The molecular weight excluding hydrogens is 721 g/mol. The van der Waals surface area contributed by atoms with E-state index in [4.69, 9.17) is 14.2 Å². The maximum absolute atomic E-state index is 12.7. The lowest BCUT2D eigenvalue weighted by Gasteiger charge is -2.18. The molecular formula is C52H86O6. The Kier molecular flexibility index (Phi) is 43.6. The van der Waals surface area contributed by atoms with Crippen molar-refractivity contribution in [2.75, 3.05) is 13.2 Å². The number of carbonyl (C=O) groups excluding carboxylic acids is 3. The Bertz CT molecular complexity index is 1160. The summed E-state index contributed by atoms with van der Waals surface area (Å²) in [7, 11) is 0. The third kappa shape index (κ3) is 43.7. The molecule has 0 bridgehead atoms. The minimum absolute atomic E-state index is 0.0896. The molecule has 1 atom stereocenters. The Morgan fingerprint density at radius 1 is 0.362 bits per heavy atom. The van der Waals surface area contributed by atoms with Crippen LogP contribution in [0.1, 0.15) is 207 Å². The molecule has 0 heterocycles. The second-order valence-electron chi connectivity index (χ2n) is 15.5. The zero-order chi connectivity index (χ0) is 42.3. The first kappa shape index (κ1) is 54.6. The van der Waals surface area contributed by atoms with Gasteiger partial charge in [0.05, 0.1) is 0 Å². The second kappa shape index (κ2) is 46.3. The molecule has 0 aliphatic heterocycles. The van der Waals surface area contributed by atoms with Crippen molar-refractivity contribution in [2.45, 2.75) is 213 Å². The standard InChI is InChI=1S/C52H86O6/c1-4-7-10-13-16-19-22-23-24-25-26-27-28-29-31-33-36-39-42-45-51(54)57-48-49(47-56-50(53)44-41-38-35-32-21-18-15-12-9-6-3)58-52(55)46-43-40-37-34-30-20-17-14-11-8-5-2/h7,10,13,16,19,22-29,31,49H,4-6,8-9,11-12,14-15,17-18,20-21,30,32-48H2,1-3H3/b10-7-,16-13-,22-19-,24-23-,26-25+,28-27-,31-29-. The quantitative estimate of drug-likeness (QED) is 0.0265. The number of allylic oxidation sites excluding steroid dienone is 14. The van der Waals surface area contributed by atoms with Crippen LogP contribution in [0.2, 0.25) is 0 Å². The van der Waals surface area contributed by atoms with E-state index < -0.39 is 6.10 Å². The summed E-state index contributed by atoms with van der Waals surface area (Å²) in [5.41, 5.74) is 0. The average Bonchev–Trinajstić information content (AvgIpc) is 3.22. The summed E-state index contributed by atoms with van der Waals surface area (Å²) >= 11 is 0. The predicted octanol–water partition coefficient (Wildman–Crippen LogP) is 15.3. The Hall–Kier alpha value is -3.41. The third-order valence-corrected chi connectivity index (χ3v) is 9.86. The van der Waals surface area contributed by atoms with Crippen LogP contribution in [0.25, 0.3) is 0 Å². The molecule has 330 valence electrons. The molecule has 0 aromatic heterocycles. The number of unbranched alkanes of at least 4 members (excludes halogenated alkanes) is 22. The summed E-state index contributed by atoms with van der Waals surface area (Å²) in [6, 6.07) is 0. The SMILES string of the molecule is CC\C=C/C=C\C=C/C=C\C=C\C=C/C=C\CCCCCC(=O)OCC(COC(=O)CCCCCCCCCCCC)OC(=O)CCCCCCCCCCCCC. The lowest BCUT2D eigenvalue weighted by molar-refractivity contribution is -0.167. The van der Waals surface area contributed by atoms with Crippen molar-refractivity contribution in [3.8, 4) is 0 Å². The minimum atomic E-state index is -0.790. The molecule has 0 aliphatic rings. The number of rotatable bonds is 41. The lowest BCUT2D eigenvalue weighted by atomic mass is 10.1. The van der Waals surface area contributed by atoms with Crippen LogP contribution in [0.4, 0.5) is 0 Å². The Morgan fingerprint density at radius 3 is 1.05 bits per heavy atom. The fourth-order valence-electron chi connectivity index (χ4n) is 6.31. The van der Waals surface area contributed by atoms with Crippen LogP contribution in [-0.4, -0.2) is 37.2 Å². The van der Waals surface area contributed by atoms with Gasteiger partial charge in [-0.2, -0.15) is 0 Å². The van der Waals surface area contributed by atoms with E-state index in [1.807, 2.05) is 72.9 Å². The van der Waals surface area contributed by atoms with Gasteiger partial charge in [-0.15, -0.1) is 0 Å². The van der Waals surface area contributed by atoms with Crippen molar-refractivity contribution in [3.63, 3.8) is 0 Å². The molecule has 58 heavy (non-hydrogen) atoms. The summed E-state index contributed by atoms with van der Waals surface area (Å²) in [6.07, 6.45) is 58.4. The topological polar surface area (TPSA) is 78.9 Å². The lowest BCUT2D eigenvalue weighted by Crippen LogP contribution is -2.30. The number of carbonyl (C=O) groups is 3. The van der Waals surface area contributed by atoms with Gasteiger partial charge in [0.1, 0.15) is 13.2 Å². The molecule has 0 amide bonds. The predicted molar refractivity (Wildman–Crippen MR) is 247 cm³/mol. The van der Waals surface area contributed by atoms with Crippen LogP contribution in [0, 0.1) is 0 Å². The van der Waals surface area contributed by atoms with Crippen LogP contribution < -0.4 is 0 Å². The molecule has 0 saturated heterocycles. The highest BCUT2D eigenvalue weighted by Crippen LogP contribution is 2.14. The highest BCUT2D eigenvalue weighted by molar-refractivity contribution is 5.71. The van der Waals surface area contributed by atoms with Crippen molar-refractivity contribution in [1.82, 2.24) is 0 Å². The van der Waals surface area contributed by atoms with Crippen molar-refractivity contribution >= 4 is 17.9 Å². The normalized spacial score (nSPS) is 12.8. The number of ether oxygens (including phenoxy) is 3. The highest BCUT2D eigenvalue weighted by Gasteiger charge is 2.19. The fourth-order valence-corrected chi connectivity index (χ4v) is 6.31. The Balaban J connectivity index is 4.46. The summed E-state index contributed by atoms with van der Waals surface area (Å²) in [4.78, 5) is 37.7. The van der Waals surface area contributed by atoms with Gasteiger partial charge in [-0.1, -0.05) is 234 Å². The summed E-state index contributed by atoms with van der Waals surface area (Å²) in [5.74, 6) is -0.942. The van der Waals surface area contributed by atoms with E-state index >= 15 is 0 Å². The van der Waals surface area contributed by atoms with E-state index in [0.717, 1.165) is 70.6 Å². The number of hydrogen-bond donors (Lipinski definition) is 0. The van der Waals surface area contributed by atoms with Crippen LogP contribution >= 0.6 is 0 Å². The minimum Gasteiger partial charge on any atom is -0.462 e. The highest BCUT2D eigenvalue weighted by atomic mass is 16.6. The summed E-state index contributed by atoms with van der Waals surface area (Å²) < 4.78 is 16.7. The van der Waals surface area contributed by atoms with Gasteiger partial charge >= 0.3 is 17.9 Å². The molecule has 0 fully saturated rings. The zero-order valence-electron chi connectivity index (χ0n) is 37.5. The van der Waals surface area contributed by atoms with Crippen LogP contribution in [-0.2, 0) is 28.6 Å². The average molecular weight is 807 g/mol. The molecule has 6 heteroatoms. The van der Waals surface area contributed by atoms with Crippen LogP contribution in [0.3, 0.4) is 0 Å². The molecule has 0 spiro atoms. The van der Waals surface area contributed by atoms with Crippen molar-refractivity contribution in [1.29, 1.82) is 0 Å². The van der Waals surface area contributed by atoms with Gasteiger partial charge in [0.2, 0.25) is 0 Å². The van der Waals surface area contributed by atoms with E-state index in [2.05, 4.69) is 32.9 Å². The maximum Gasteiger partial charge on any atom is 0.306 e. The van der Waals surface area contributed by atoms with Crippen molar-refractivity contribution in [2.24, 2.45) is 0 Å². The Labute approximate surface area is 356 Å². The molecule has 0 aromatic carbocycles. The molecule has 0 N–H and O–H groups in total. The van der Waals surface area contributed by atoms with E-state index in [-0.39, 0.29) is 31.1 Å². The van der Waals surface area contributed by atoms with E-state index in [9.17, 15) is 14.4 Å². The third-order valence-electron chi connectivity index (χ3n) is 9.86. The number of hydrogen-bond acceptors (Lipinski definition) is 6. The van der Waals surface area contributed by atoms with Gasteiger partial charge in [-0.25, -0.2) is 0 Å². The number of esters is 3. The molecule has 1 unspecified atom stereocenters. The molecule has 0 aliphatic carbocycles. The van der Waals surface area contributed by atoms with Gasteiger partial charge in [-0.05, 0) is 38.5 Å². The van der Waals surface area contributed by atoms with E-state index in [1.54, 1.807) is 0 Å². The Morgan fingerprint density at radius 2 is 0.672 bits per heavy atom. The smallest absolute Gasteiger partial charge is 0.306 e. The van der Waals surface area contributed by atoms with Gasteiger partial charge in [0, 0.05) is 19.3 Å². The first-order valence-corrected chi connectivity index (χ1v) is 23.7. The monoisotopic (exact) mass is 807 g/mol. The maximum atomic E-state index is 12.7. The molecule has 0 rings (SSSR count). The van der Waals surface area contributed by atoms with Gasteiger partial charge < -0.3 is 14.2 Å². The molecule has 0 radical (unpaired) electrons. The van der Waals surface area contributed by atoms with Crippen LogP contribution in [0.5, 0.6) is 0 Å². The molecule has 0 saturated carbocycles. The van der Waals surface area contributed by atoms with Crippen molar-refractivity contribution in [3.05, 3.63) is 85.1 Å². The van der Waals surface area contributed by atoms with Gasteiger partial charge in [0.15, 0.2) is 6.10 Å². The second-order valence-corrected chi connectivity index (χ2v) is 15.5. The van der Waals surface area contributed by atoms with Gasteiger partial charge in [-0.3, -0.25) is 14.4 Å². The molecule has 6 nitrogen and oxygen atoms in total. The molecule has 0 aromatic rings. The van der Waals surface area contributed by atoms with Crippen LogP contribution in [0.15, 0.2) is 85.1 Å². The van der Waals surface area contributed by atoms with E-state index in [0.29, 0.717) is 19.3 Å². The first-order valence-electron chi connectivity index (χ1n) is 23.7. The first-order chi connectivity index (χ1) is 28.5. The zero-order valence-corrected chi connectivity index (χ0v) is 37.5.